The van der Waals surface area contributed by atoms with Gasteiger partial charge >= 0.3 is 11.8 Å². The third-order valence-electron chi connectivity index (χ3n) is 3.09. The minimum atomic E-state index is -0.514. The Labute approximate surface area is 136 Å². The van der Waals surface area contributed by atoms with Crippen molar-refractivity contribution in [1.29, 1.82) is 0 Å². The van der Waals surface area contributed by atoms with Gasteiger partial charge in [0.05, 0.1) is 10.6 Å². The van der Waals surface area contributed by atoms with Crippen molar-refractivity contribution >= 4 is 17.5 Å². The molecular weight excluding hydrogens is 321 g/mol. The molecule has 3 rings (SSSR count). The Morgan fingerprint density at radius 2 is 1.87 bits per heavy atom. The molecule has 7 heteroatoms. The fourth-order valence-electron chi connectivity index (χ4n) is 1.92. The van der Waals surface area contributed by atoms with Gasteiger partial charge in [-0.3, -0.25) is 4.79 Å². The Morgan fingerprint density at radius 3 is 2.61 bits per heavy atom. The van der Waals surface area contributed by atoms with Gasteiger partial charge in [0.2, 0.25) is 5.89 Å². The molecule has 1 aromatic heterocycles. The summed E-state index contributed by atoms with van der Waals surface area (Å²) in [6.07, 6.45) is 0. The molecule has 0 aliphatic heterocycles. The van der Waals surface area contributed by atoms with Gasteiger partial charge in [0.15, 0.2) is 0 Å². The molecule has 0 atom stereocenters. The summed E-state index contributed by atoms with van der Waals surface area (Å²) < 4.78 is 18.2. The van der Waals surface area contributed by atoms with Gasteiger partial charge in [0.25, 0.3) is 0 Å². The van der Waals surface area contributed by atoms with E-state index in [1.54, 1.807) is 36.4 Å². The summed E-state index contributed by atoms with van der Waals surface area (Å²) in [6, 6.07) is 12.8. The topological polar surface area (TPSA) is 68.0 Å². The Morgan fingerprint density at radius 1 is 1.13 bits per heavy atom. The van der Waals surface area contributed by atoms with Crippen molar-refractivity contribution in [3.63, 3.8) is 0 Å². The van der Waals surface area contributed by atoms with Crippen LogP contribution in [0.3, 0.4) is 0 Å². The number of amides is 1. The first kappa shape index (κ1) is 15.2. The van der Waals surface area contributed by atoms with Crippen LogP contribution in [0.4, 0.5) is 4.39 Å². The first-order valence-electron chi connectivity index (χ1n) is 6.74. The molecule has 0 aliphatic rings. The Balaban J connectivity index is 1.69. The van der Waals surface area contributed by atoms with Gasteiger partial charge in [-0.2, -0.15) is 0 Å². The molecule has 2 aromatic carbocycles. The summed E-state index contributed by atoms with van der Waals surface area (Å²) in [7, 11) is 0. The van der Waals surface area contributed by atoms with Crippen LogP contribution in [0, 0.1) is 5.82 Å². The third kappa shape index (κ3) is 3.54. The Hall–Kier alpha value is -2.73. The highest BCUT2D eigenvalue weighted by Crippen LogP contribution is 2.26. The van der Waals surface area contributed by atoms with E-state index in [1.165, 1.54) is 12.1 Å². The molecule has 0 radical (unpaired) electrons. The van der Waals surface area contributed by atoms with E-state index in [0.29, 0.717) is 10.6 Å². The van der Waals surface area contributed by atoms with Crippen molar-refractivity contribution in [3.8, 4) is 11.5 Å². The summed E-state index contributed by atoms with van der Waals surface area (Å²) >= 11 is 6.04. The summed E-state index contributed by atoms with van der Waals surface area (Å²) in [6.45, 7) is 0.225. The number of benzene rings is 2. The number of aromatic nitrogens is 2. The van der Waals surface area contributed by atoms with Gasteiger partial charge in [-0.1, -0.05) is 35.9 Å². The molecule has 0 spiro atoms. The predicted molar refractivity (Wildman–Crippen MR) is 82.3 cm³/mol. The van der Waals surface area contributed by atoms with Gasteiger partial charge in [-0.15, -0.1) is 10.2 Å². The van der Waals surface area contributed by atoms with Gasteiger partial charge in [0, 0.05) is 6.54 Å². The van der Waals surface area contributed by atoms with E-state index in [4.69, 9.17) is 16.0 Å². The van der Waals surface area contributed by atoms with Crippen molar-refractivity contribution in [3.05, 3.63) is 70.8 Å². The molecule has 3 aromatic rings. The van der Waals surface area contributed by atoms with Crippen molar-refractivity contribution in [2.24, 2.45) is 0 Å². The second kappa shape index (κ2) is 6.58. The van der Waals surface area contributed by atoms with E-state index in [0.717, 1.165) is 5.56 Å². The lowest BCUT2D eigenvalue weighted by molar-refractivity contribution is 0.0917. The highest BCUT2D eigenvalue weighted by Gasteiger charge is 2.16. The predicted octanol–water partition coefficient (Wildman–Crippen LogP) is 3.46. The number of halogens is 2. The third-order valence-corrected chi connectivity index (χ3v) is 3.42. The zero-order valence-corrected chi connectivity index (χ0v) is 12.5. The molecule has 0 aliphatic carbocycles. The van der Waals surface area contributed by atoms with Crippen molar-refractivity contribution in [2.75, 3.05) is 0 Å². The van der Waals surface area contributed by atoms with Gasteiger partial charge in [0.1, 0.15) is 5.82 Å². The molecule has 5 nitrogen and oxygen atoms in total. The number of rotatable bonds is 4. The summed E-state index contributed by atoms with van der Waals surface area (Å²) in [5.41, 5.74) is 1.31. The number of carbonyl (C=O) groups is 1. The van der Waals surface area contributed by atoms with E-state index in [1.807, 2.05) is 0 Å². The van der Waals surface area contributed by atoms with Crippen LogP contribution in [0.1, 0.15) is 16.2 Å². The van der Waals surface area contributed by atoms with E-state index in [2.05, 4.69) is 15.5 Å². The first-order valence-corrected chi connectivity index (χ1v) is 7.12. The van der Waals surface area contributed by atoms with Crippen molar-refractivity contribution in [1.82, 2.24) is 15.5 Å². The van der Waals surface area contributed by atoms with Gasteiger partial charge < -0.3 is 9.73 Å². The maximum absolute atomic E-state index is 12.8. The molecular formula is C16H11ClFN3O2. The van der Waals surface area contributed by atoms with Crippen LogP contribution in [0.5, 0.6) is 0 Å². The first-order chi connectivity index (χ1) is 11.1. The largest absolute Gasteiger partial charge is 0.412 e. The summed E-state index contributed by atoms with van der Waals surface area (Å²) in [4.78, 5) is 12.0. The number of carbonyl (C=O) groups excluding carboxylic acids is 1. The van der Waals surface area contributed by atoms with E-state index in [-0.39, 0.29) is 24.1 Å². The lowest BCUT2D eigenvalue weighted by atomic mass is 10.2. The molecule has 1 N–H and O–H groups in total. The number of nitrogens with zero attached hydrogens (tertiary/aromatic N) is 2. The monoisotopic (exact) mass is 331 g/mol. The van der Waals surface area contributed by atoms with Gasteiger partial charge in [-0.05, 0) is 29.8 Å². The molecule has 1 amide bonds. The normalized spacial score (nSPS) is 10.5. The van der Waals surface area contributed by atoms with Crippen LogP contribution in [-0.4, -0.2) is 16.1 Å². The zero-order valence-electron chi connectivity index (χ0n) is 11.8. The standard InChI is InChI=1S/C16H11ClFN3O2/c17-13-4-2-1-3-12(13)15-20-21-16(23-15)14(22)19-9-10-5-7-11(18)8-6-10/h1-8H,9H2,(H,19,22). The Kier molecular flexibility index (Phi) is 4.34. The minimum Gasteiger partial charge on any atom is -0.412 e. The second-order valence-electron chi connectivity index (χ2n) is 4.70. The smallest absolute Gasteiger partial charge is 0.309 e. The van der Waals surface area contributed by atoms with Crippen LogP contribution in [-0.2, 0) is 6.54 Å². The van der Waals surface area contributed by atoms with Crippen LogP contribution < -0.4 is 5.32 Å². The van der Waals surface area contributed by atoms with Gasteiger partial charge in [-0.25, -0.2) is 4.39 Å². The molecule has 23 heavy (non-hydrogen) atoms. The molecule has 0 saturated carbocycles. The number of hydrogen-bond donors (Lipinski definition) is 1. The molecule has 0 saturated heterocycles. The quantitative estimate of drug-likeness (QED) is 0.795. The fourth-order valence-corrected chi connectivity index (χ4v) is 2.14. The Bertz CT molecular complexity index is 833. The minimum absolute atomic E-state index is 0.165. The van der Waals surface area contributed by atoms with Crippen molar-refractivity contribution < 1.29 is 13.6 Å². The second-order valence-corrected chi connectivity index (χ2v) is 5.11. The number of nitrogens with one attached hydrogen (secondary N) is 1. The van der Waals surface area contributed by atoms with E-state index >= 15 is 0 Å². The maximum atomic E-state index is 12.8. The number of hydrogen-bond acceptors (Lipinski definition) is 4. The molecule has 0 unspecified atom stereocenters. The summed E-state index contributed by atoms with van der Waals surface area (Å²) in [5.74, 6) is -0.842. The zero-order chi connectivity index (χ0) is 16.2. The maximum Gasteiger partial charge on any atom is 0.309 e. The van der Waals surface area contributed by atoms with E-state index < -0.39 is 5.91 Å². The molecule has 1 heterocycles. The highest BCUT2D eigenvalue weighted by atomic mass is 35.5. The average molecular weight is 332 g/mol. The lowest BCUT2D eigenvalue weighted by Gasteiger charge is -2.02. The van der Waals surface area contributed by atoms with E-state index in [9.17, 15) is 9.18 Å². The molecule has 0 bridgehead atoms. The highest BCUT2D eigenvalue weighted by molar-refractivity contribution is 6.33. The molecule has 116 valence electrons. The fraction of sp³-hybridized carbons (Fsp3) is 0.0625. The lowest BCUT2D eigenvalue weighted by Crippen LogP contribution is -2.23. The van der Waals surface area contributed by atoms with Crippen LogP contribution in [0.25, 0.3) is 11.5 Å². The van der Waals surface area contributed by atoms with Crippen molar-refractivity contribution in [2.45, 2.75) is 6.54 Å². The van der Waals surface area contributed by atoms with Crippen LogP contribution >= 0.6 is 11.6 Å². The van der Waals surface area contributed by atoms with Crippen LogP contribution in [0.15, 0.2) is 52.9 Å². The SMILES string of the molecule is O=C(NCc1ccc(F)cc1)c1nnc(-c2ccccc2Cl)o1. The average Bonchev–Trinajstić information content (AvgIpc) is 3.04. The molecule has 0 fully saturated rings. The summed E-state index contributed by atoms with van der Waals surface area (Å²) in [5, 5.41) is 10.6. The van der Waals surface area contributed by atoms with Crippen LogP contribution in [0.2, 0.25) is 5.02 Å².